The molecule has 14 heavy (non-hydrogen) atoms. The molecule has 80 valence electrons. The monoisotopic (exact) mass is 200 g/mol. The first-order valence-corrected chi connectivity index (χ1v) is 5.01. The molecule has 1 fully saturated rings. The van der Waals surface area contributed by atoms with Crippen LogP contribution < -0.4 is 0 Å². The smallest absolute Gasteiger partial charge is 0.317 e. The Morgan fingerprint density at radius 2 is 2.00 bits per heavy atom. The molecule has 1 aliphatic rings. The number of carbonyl (C=O) groups excluding carboxylic acids is 1. The minimum atomic E-state index is -1.13. The molecule has 1 saturated carbocycles. The van der Waals surface area contributed by atoms with Gasteiger partial charge in [-0.1, -0.05) is 13.3 Å². The molecule has 1 rings (SSSR count). The summed E-state index contributed by atoms with van der Waals surface area (Å²) in [6.07, 6.45) is 3.57. The molecule has 4 nitrogen and oxygen atoms in total. The van der Waals surface area contributed by atoms with Crippen LogP contribution in [0.25, 0.3) is 0 Å². The van der Waals surface area contributed by atoms with E-state index in [0.717, 1.165) is 19.3 Å². The number of ether oxygens (including phenoxy) is 1. The second kappa shape index (κ2) is 4.98. The van der Waals surface area contributed by atoms with E-state index in [0.29, 0.717) is 5.92 Å². The van der Waals surface area contributed by atoms with Crippen LogP contribution in [-0.4, -0.2) is 23.1 Å². The summed E-state index contributed by atoms with van der Waals surface area (Å²) in [5, 5.41) is 8.38. The van der Waals surface area contributed by atoms with Crippen molar-refractivity contribution in [1.29, 1.82) is 0 Å². The average molecular weight is 200 g/mol. The van der Waals surface area contributed by atoms with Gasteiger partial charge < -0.3 is 9.84 Å². The van der Waals surface area contributed by atoms with Gasteiger partial charge in [0.25, 0.3) is 0 Å². The predicted molar refractivity (Wildman–Crippen MR) is 49.8 cm³/mol. The molecule has 0 heterocycles. The maximum atomic E-state index is 11.1. The summed E-state index contributed by atoms with van der Waals surface area (Å²) in [6, 6.07) is 0. The van der Waals surface area contributed by atoms with E-state index in [4.69, 9.17) is 9.84 Å². The Bertz CT molecular complexity index is 224. The molecule has 0 aromatic heterocycles. The molecule has 0 spiro atoms. The van der Waals surface area contributed by atoms with Gasteiger partial charge in [-0.3, -0.25) is 9.59 Å². The van der Waals surface area contributed by atoms with Gasteiger partial charge in [0.05, 0.1) is 0 Å². The summed E-state index contributed by atoms with van der Waals surface area (Å²) in [5.41, 5.74) is 0. The van der Waals surface area contributed by atoms with E-state index in [2.05, 4.69) is 0 Å². The molecule has 0 aromatic carbocycles. The van der Waals surface area contributed by atoms with E-state index in [1.807, 2.05) is 6.92 Å². The number of aliphatic carboxylic acids is 1. The molecule has 0 amide bonds. The Labute approximate surface area is 83.2 Å². The minimum Gasteiger partial charge on any atom is -0.481 e. The number of rotatable bonds is 3. The Hall–Kier alpha value is -1.06. The van der Waals surface area contributed by atoms with Gasteiger partial charge in [-0.25, -0.2) is 0 Å². The Morgan fingerprint density at radius 3 is 2.57 bits per heavy atom. The standard InChI is InChI=1S/C10H16O4/c1-7-4-2-3-5-8(7)14-10(13)6-9(11)12/h7-8H,2-6H2,1H3,(H,11,12). The summed E-state index contributed by atoms with van der Waals surface area (Å²) in [4.78, 5) is 21.3. The zero-order valence-corrected chi connectivity index (χ0v) is 8.36. The first-order valence-electron chi connectivity index (χ1n) is 5.01. The van der Waals surface area contributed by atoms with Crippen LogP contribution in [0.1, 0.15) is 39.0 Å². The zero-order chi connectivity index (χ0) is 10.6. The summed E-state index contributed by atoms with van der Waals surface area (Å²) < 4.78 is 5.09. The maximum Gasteiger partial charge on any atom is 0.317 e. The van der Waals surface area contributed by atoms with Crippen LogP contribution in [0, 0.1) is 5.92 Å². The van der Waals surface area contributed by atoms with Crippen molar-refractivity contribution in [1.82, 2.24) is 0 Å². The highest BCUT2D eigenvalue weighted by atomic mass is 16.5. The van der Waals surface area contributed by atoms with Crippen molar-refractivity contribution in [2.24, 2.45) is 5.92 Å². The predicted octanol–water partition coefficient (Wildman–Crippen LogP) is 1.58. The number of carboxylic acids is 1. The molecule has 2 unspecified atom stereocenters. The zero-order valence-electron chi connectivity index (χ0n) is 8.36. The highest BCUT2D eigenvalue weighted by molar-refractivity contribution is 5.90. The van der Waals surface area contributed by atoms with Crippen molar-refractivity contribution in [2.45, 2.75) is 45.1 Å². The molecule has 0 saturated heterocycles. The lowest BCUT2D eigenvalue weighted by Gasteiger charge is -2.28. The number of esters is 1. The molecule has 0 aliphatic heterocycles. The minimum absolute atomic E-state index is 0.0735. The van der Waals surface area contributed by atoms with Crippen LogP contribution >= 0.6 is 0 Å². The molecule has 1 aliphatic carbocycles. The highest BCUT2D eigenvalue weighted by Crippen LogP contribution is 2.26. The Morgan fingerprint density at radius 1 is 1.36 bits per heavy atom. The lowest BCUT2D eigenvalue weighted by molar-refractivity contribution is -0.158. The van der Waals surface area contributed by atoms with Gasteiger partial charge in [-0.05, 0) is 25.2 Å². The van der Waals surface area contributed by atoms with E-state index in [9.17, 15) is 9.59 Å². The van der Waals surface area contributed by atoms with Gasteiger partial charge in [0.1, 0.15) is 12.5 Å². The molecule has 1 N–H and O–H groups in total. The van der Waals surface area contributed by atoms with Crippen LogP contribution in [0.3, 0.4) is 0 Å². The van der Waals surface area contributed by atoms with Crippen LogP contribution in [0.15, 0.2) is 0 Å². The fraction of sp³-hybridized carbons (Fsp3) is 0.800. The number of carboxylic acid groups (broad SMARTS) is 1. The summed E-state index contributed by atoms with van der Waals surface area (Å²) >= 11 is 0. The van der Waals surface area contributed by atoms with E-state index in [-0.39, 0.29) is 6.10 Å². The molecule has 0 bridgehead atoms. The lowest BCUT2D eigenvalue weighted by atomic mass is 9.88. The highest BCUT2D eigenvalue weighted by Gasteiger charge is 2.25. The van der Waals surface area contributed by atoms with E-state index in [1.54, 1.807) is 0 Å². The van der Waals surface area contributed by atoms with Crippen LogP contribution in [0.4, 0.5) is 0 Å². The van der Waals surface area contributed by atoms with E-state index >= 15 is 0 Å². The van der Waals surface area contributed by atoms with E-state index in [1.165, 1.54) is 6.42 Å². The van der Waals surface area contributed by atoms with Crippen LogP contribution in [0.2, 0.25) is 0 Å². The molecule has 0 radical (unpaired) electrons. The lowest BCUT2D eigenvalue weighted by Crippen LogP contribution is -2.28. The van der Waals surface area contributed by atoms with Gasteiger partial charge in [0.15, 0.2) is 0 Å². The normalized spacial score (nSPS) is 26.9. The topological polar surface area (TPSA) is 63.6 Å². The first-order chi connectivity index (χ1) is 6.59. The second-order valence-corrected chi connectivity index (χ2v) is 3.86. The van der Waals surface area contributed by atoms with Crippen molar-refractivity contribution < 1.29 is 19.4 Å². The fourth-order valence-electron chi connectivity index (χ4n) is 1.79. The second-order valence-electron chi connectivity index (χ2n) is 3.86. The van der Waals surface area contributed by atoms with Crippen molar-refractivity contribution >= 4 is 11.9 Å². The molecular formula is C10H16O4. The van der Waals surface area contributed by atoms with Crippen molar-refractivity contribution in [3.63, 3.8) is 0 Å². The average Bonchev–Trinajstić information content (AvgIpc) is 2.07. The van der Waals surface area contributed by atoms with Crippen molar-refractivity contribution in [2.75, 3.05) is 0 Å². The third-order valence-corrected chi connectivity index (χ3v) is 2.61. The van der Waals surface area contributed by atoms with Crippen LogP contribution in [0.5, 0.6) is 0 Å². The SMILES string of the molecule is CC1CCCCC1OC(=O)CC(=O)O. The van der Waals surface area contributed by atoms with E-state index < -0.39 is 18.4 Å². The first kappa shape index (κ1) is 11.0. The molecule has 0 aromatic rings. The summed E-state index contributed by atoms with van der Waals surface area (Å²) in [5.74, 6) is -1.38. The molecule has 2 atom stereocenters. The number of carbonyl (C=O) groups is 2. The largest absolute Gasteiger partial charge is 0.481 e. The summed E-state index contributed by atoms with van der Waals surface area (Å²) in [7, 11) is 0. The van der Waals surface area contributed by atoms with Gasteiger partial charge in [-0.15, -0.1) is 0 Å². The van der Waals surface area contributed by atoms with Gasteiger partial charge in [0, 0.05) is 0 Å². The fourth-order valence-corrected chi connectivity index (χ4v) is 1.79. The van der Waals surface area contributed by atoms with Gasteiger partial charge in [0.2, 0.25) is 0 Å². The Balaban J connectivity index is 2.34. The third-order valence-electron chi connectivity index (χ3n) is 2.61. The summed E-state index contributed by atoms with van der Waals surface area (Å²) in [6.45, 7) is 2.04. The van der Waals surface area contributed by atoms with Crippen molar-refractivity contribution in [3.05, 3.63) is 0 Å². The number of hydrogen-bond donors (Lipinski definition) is 1. The van der Waals surface area contributed by atoms with Gasteiger partial charge >= 0.3 is 11.9 Å². The third kappa shape index (κ3) is 3.36. The van der Waals surface area contributed by atoms with Crippen LogP contribution in [-0.2, 0) is 14.3 Å². The number of hydrogen-bond acceptors (Lipinski definition) is 3. The van der Waals surface area contributed by atoms with Crippen molar-refractivity contribution in [3.8, 4) is 0 Å². The van der Waals surface area contributed by atoms with Gasteiger partial charge in [-0.2, -0.15) is 0 Å². The molecule has 4 heteroatoms. The maximum absolute atomic E-state index is 11.1. The molecular weight excluding hydrogens is 184 g/mol. The quantitative estimate of drug-likeness (QED) is 0.555. The Kier molecular flexibility index (Phi) is 3.92.